The largest absolute Gasteiger partial charge is 0.391 e. The summed E-state index contributed by atoms with van der Waals surface area (Å²) in [7, 11) is 4.18. The van der Waals surface area contributed by atoms with Crippen molar-refractivity contribution in [2.75, 3.05) is 14.1 Å². The number of Topliss-reactive ketones (excluding diaryl/α,β-unsaturated/α-hetero) is 1. The summed E-state index contributed by atoms with van der Waals surface area (Å²) in [5.74, 6) is 0.851. The number of aliphatic hydroxyl groups is 2. The second-order valence-corrected chi connectivity index (χ2v) is 14.4. The maximum absolute atomic E-state index is 11.1. The summed E-state index contributed by atoms with van der Waals surface area (Å²) < 4.78 is 1.94. The number of hydrogen-bond donors (Lipinski definition) is 2. The average Bonchev–Trinajstić information content (AvgIpc) is 3.29. The van der Waals surface area contributed by atoms with Crippen LogP contribution in [0.15, 0.2) is 87.8 Å². The van der Waals surface area contributed by atoms with Gasteiger partial charge < -0.3 is 15.1 Å². The second-order valence-electron chi connectivity index (χ2n) is 12.6. The maximum Gasteiger partial charge on any atom is 0.162 e. The van der Waals surface area contributed by atoms with Crippen LogP contribution in [0.2, 0.25) is 0 Å². The first-order valence-electron chi connectivity index (χ1n) is 14.9. The zero-order valence-corrected chi connectivity index (χ0v) is 29.2. The van der Waals surface area contributed by atoms with Crippen LogP contribution in [0.3, 0.4) is 0 Å². The molecular formula is C36H47Br2NO3. The highest BCUT2D eigenvalue weighted by atomic mass is 79.9. The van der Waals surface area contributed by atoms with Crippen LogP contribution in [0.4, 0.5) is 0 Å². The third-order valence-corrected chi connectivity index (χ3v) is 10.9. The van der Waals surface area contributed by atoms with Crippen molar-refractivity contribution >= 4 is 37.6 Å². The maximum atomic E-state index is 11.1. The van der Waals surface area contributed by atoms with Crippen LogP contribution in [-0.4, -0.2) is 47.1 Å². The van der Waals surface area contributed by atoms with Gasteiger partial charge >= 0.3 is 0 Å². The third-order valence-electron chi connectivity index (χ3n) is 9.89. The van der Waals surface area contributed by atoms with Crippen molar-refractivity contribution in [1.29, 1.82) is 0 Å². The Morgan fingerprint density at radius 2 is 1.48 bits per heavy atom. The quantitative estimate of drug-likeness (QED) is 0.252. The van der Waals surface area contributed by atoms with Crippen molar-refractivity contribution < 1.29 is 15.0 Å². The fraction of sp³-hybridized carbons (Fsp3) is 0.472. The van der Waals surface area contributed by atoms with Crippen molar-refractivity contribution in [2.24, 2.45) is 16.7 Å². The fourth-order valence-corrected chi connectivity index (χ4v) is 7.63. The molecule has 2 aliphatic carbocycles. The minimum Gasteiger partial charge on any atom is -0.391 e. The van der Waals surface area contributed by atoms with Gasteiger partial charge in [0.25, 0.3) is 0 Å². The van der Waals surface area contributed by atoms with Crippen LogP contribution >= 0.6 is 31.9 Å². The lowest BCUT2D eigenvalue weighted by Gasteiger charge is -2.38. The Balaban J connectivity index is 0.000000177. The molecule has 0 spiro atoms. The molecule has 2 bridgehead atoms. The molecule has 2 N–H and O–H groups in total. The number of carbonyl (C=O) groups excluding carboxylic acids is 1. The summed E-state index contributed by atoms with van der Waals surface area (Å²) in [6.45, 7) is 10.8. The molecule has 4 nitrogen and oxygen atoms in total. The molecule has 5 atom stereocenters. The Hall–Kier alpha value is -1.83. The molecule has 0 aromatic heterocycles. The van der Waals surface area contributed by atoms with Crippen LogP contribution in [-0.2, 0) is 5.60 Å². The van der Waals surface area contributed by atoms with Gasteiger partial charge in [-0.25, -0.2) is 0 Å². The summed E-state index contributed by atoms with van der Waals surface area (Å²) in [6, 6.07) is 25.4. The molecule has 0 aliphatic heterocycles. The fourth-order valence-electron chi connectivity index (χ4n) is 6.83. The molecule has 0 heterocycles. The topological polar surface area (TPSA) is 60.8 Å². The summed E-state index contributed by atoms with van der Waals surface area (Å²) in [4.78, 5) is 13.4. The summed E-state index contributed by atoms with van der Waals surface area (Å²) >= 11 is 6.75. The number of likely N-dealkylation sites (N-methyl/N-ethyl adjacent to an activating group) is 1. The molecule has 6 heteroatoms. The van der Waals surface area contributed by atoms with E-state index in [1.54, 1.807) is 0 Å². The number of rotatable bonds is 6. The van der Waals surface area contributed by atoms with Crippen molar-refractivity contribution in [3.8, 4) is 0 Å². The number of hydrogen-bond acceptors (Lipinski definition) is 4. The monoisotopic (exact) mass is 699 g/mol. The summed E-state index contributed by atoms with van der Waals surface area (Å²) in [5.41, 5.74) is 2.14. The van der Waals surface area contributed by atoms with E-state index in [9.17, 15) is 15.0 Å². The molecule has 3 aromatic rings. The predicted octanol–water partition coefficient (Wildman–Crippen LogP) is 8.87. The van der Waals surface area contributed by atoms with Crippen molar-refractivity contribution in [3.05, 3.63) is 104 Å². The molecule has 3 aromatic carbocycles. The van der Waals surface area contributed by atoms with E-state index in [0.717, 1.165) is 25.6 Å². The zero-order chi connectivity index (χ0) is 31.3. The van der Waals surface area contributed by atoms with Gasteiger partial charge in [0.15, 0.2) is 5.78 Å². The molecule has 0 amide bonds. The van der Waals surface area contributed by atoms with Gasteiger partial charge in [0.2, 0.25) is 0 Å². The number of aliphatic hydroxyl groups excluding tert-OH is 1. The standard InChI is InChI=1S/C15H15BrO.C12H23NO.C9H9BrO/c1-2-15(17,12-7-4-3-5-8-12)13-9-6-10-14(16)11-13;1-11(2)8-6-7-12(11,3)10(14)9(8)13(4)5;1-2-9(11)7-4-3-5-8(10)6-7/h3-11,17H,2H2,1H3;8-10,14H,6-7H2,1-5H3;3-6H,2H2,1H3. The predicted molar refractivity (Wildman–Crippen MR) is 181 cm³/mol. The lowest BCUT2D eigenvalue weighted by atomic mass is 9.70. The van der Waals surface area contributed by atoms with E-state index in [2.05, 4.69) is 71.6 Å². The van der Waals surface area contributed by atoms with Gasteiger partial charge in [0.05, 0.1) is 6.10 Å². The first-order valence-corrected chi connectivity index (χ1v) is 16.5. The SMILES string of the molecule is CCC(=O)c1cccc(Br)c1.CCC(O)(c1ccccc1)c1cccc(Br)c1.CN(C)C1C2CCC(C)(C1O)C2(C)C. The Labute approximate surface area is 269 Å². The highest BCUT2D eigenvalue weighted by molar-refractivity contribution is 9.10. The minimum absolute atomic E-state index is 0.132. The molecule has 5 unspecified atom stereocenters. The van der Waals surface area contributed by atoms with E-state index in [4.69, 9.17) is 0 Å². The number of carbonyl (C=O) groups is 1. The van der Waals surface area contributed by atoms with E-state index in [-0.39, 0.29) is 17.3 Å². The van der Waals surface area contributed by atoms with Gasteiger partial charge in [-0.05, 0) is 80.1 Å². The number of fused-ring (bicyclic) bond motifs is 2. The highest BCUT2D eigenvalue weighted by Crippen LogP contribution is 2.66. The van der Waals surface area contributed by atoms with E-state index in [1.165, 1.54) is 12.8 Å². The molecule has 42 heavy (non-hydrogen) atoms. The van der Waals surface area contributed by atoms with Gasteiger partial charge in [0, 0.05) is 32.4 Å². The van der Waals surface area contributed by atoms with Crippen LogP contribution in [0.1, 0.15) is 81.8 Å². The van der Waals surface area contributed by atoms with Crippen molar-refractivity contribution in [3.63, 3.8) is 0 Å². The Morgan fingerprint density at radius 1 is 0.905 bits per heavy atom. The first-order chi connectivity index (χ1) is 19.7. The Kier molecular flexibility index (Phi) is 11.8. The van der Waals surface area contributed by atoms with Crippen LogP contribution < -0.4 is 0 Å². The number of nitrogens with zero attached hydrogens (tertiary/aromatic N) is 1. The number of halogens is 2. The lowest BCUT2D eigenvalue weighted by molar-refractivity contribution is -0.0195. The minimum atomic E-state index is -0.912. The van der Waals surface area contributed by atoms with Gasteiger partial charge in [-0.3, -0.25) is 4.79 Å². The van der Waals surface area contributed by atoms with Crippen LogP contribution in [0, 0.1) is 16.7 Å². The molecule has 2 fully saturated rings. The Bertz CT molecular complexity index is 1330. The van der Waals surface area contributed by atoms with E-state index in [0.29, 0.717) is 30.2 Å². The van der Waals surface area contributed by atoms with Gasteiger partial charge in [-0.15, -0.1) is 0 Å². The summed E-state index contributed by atoms with van der Waals surface area (Å²) in [5, 5.41) is 21.3. The third kappa shape index (κ3) is 7.10. The van der Waals surface area contributed by atoms with Crippen LogP contribution in [0.5, 0.6) is 0 Å². The van der Waals surface area contributed by atoms with E-state index < -0.39 is 5.60 Å². The highest BCUT2D eigenvalue weighted by Gasteiger charge is 2.66. The molecule has 228 valence electrons. The zero-order valence-electron chi connectivity index (χ0n) is 26.1. The molecular weight excluding hydrogens is 654 g/mol. The molecule has 0 saturated heterocycles. The normalized spacial score (nSPS) is 25.1. The number of ketones is 1. The van der Waals surface area contributed by atoms with E-state index in [1.807, 2.05) is 92.7 Å². The molecule has 2 saturated carbocycles. The molecule has 0 radical (unpaired) electrons. The van der Waals surface area contributed by atoms with Gasteiger partial charge in [0.1, 0.15) is 5.60 Å². The average molecular weight is 702 g/mol. The van der Waals surface area contributed by atoms with Crippen LogP contribution in [0.25, 0.3) is 0 Å². The number of benzene rings is 3. The van der Waals surface area contributed by atoms with Gasteiger partial charge in [-0.2, -0.15) is 0 Å². The molecule has 5 rings (SSSR count). The van der Waals surface area contributed by atoms with Gasteiger partial charge in [-0.1, -0.05) is 121 Å². The van der Waals surface area contributed by atoms with Crippen molar-refractivity contribution in [1.82, 2.24) is 4.90 Å². The Morgan fingerprint density at radius 3 is 1.93 bits per heavy atom. The summed E-state index contributed by atoms with van der Waals surface area (Å²) in [6.07, 6.45) is 3.54. The smallest absolute Gasteiger partial charge is 0.162 e. The van der Waals surface area contributed by atoms with E-state index >= 15 is 0 Å². The second kappa shape index (κ2) is 14.3. The molecule has 2 aliphatic rings. The first kappa shape index (κ1) is 34.7. The van der Waals surface area contributed by atoms with Crippen molar-refractivity contribution in [2.45, 2.75) is 78.0 Å². The lowest BCUT2D eigenvalue weighted by Crippen LogP contribution is -2.46.